The van der Waals surface area contributed by atoms with Crippen molar-refractivity contribution in [3.63, 3.8) is 0 Å². The van der Waals surface area contributed by atoms with Crippen molar-refractivity contribution in [2.75, 3.05) is 25.5 Å². The summed E-state index contributed by atoms with van der Waals surface area (Å²) in [5, 5.41) is 10.4. The molecule has 0 radical (unpaired) electrons. The molecule has 210 valence electrons. The van der Waals surface area contributed by atoms with E-state index in [1.807, 2.05) is 31.1 Å². The van der Waals surface area contributed by atoms with Gasteiger partial charge in [-0.15, -0.1) is 0 Å². The summed E-state index contributed by atoms with van der Waals surface area (Å²) < 4.78 is 70.2. The molecule has 7 nitrogen and oxygen atoms in total. The van der Waals surface area contributed by atoms with E-state index in [1.54, 1.807) is 25.1 Å². The Kier molecular flexibility index (Phi) is 8.18. The molecule has 1 N–H and O–H groups in total. The van der Waals surface area contributed by atoms with Gasteiger partial charge in [-0.05, 0) is 47.0 Å². The second-order valence-corrected chi connectivity index (χ2v) is 11.4. The highest BCUT2D eigenvalue weighted by atomic mass is 32.2. The predicted molar refractivity (Wildman–Crippen MR) is 148 cm³/mol. The molecule has 40 heavy (non-hydrogen) atoms. The third-order valence-electron chi connectivity index (χ3n) is 6.55. The number of aromatic nitrogens is 1. The lowest BCUT2D eigenvalue weighted by Gasteiger charge is -2.24. The topological polar surface area (TPSA) is 90.8 Å². The van der Waals surface area contributed by atoms with Crippen molar-refractivity contribution in [3.8, 4) is 11.1 Å². The first-order valence-electron chi connectivity index (χ1n) is 12.4. The minimum absolute atomic E-state index is 0.000911. The number of halogens is 3. The molecule has 4 aromatic rings. The first kappa shape index (κ1) is 29.0. The molecule has 0 fully saturated rings. The summed E-state index contributed by atoms with van der Waals surface area (Å²) in [6.07, 6.45) is -2.19. The van der Waals surface area contributed by atoms with Crippen LogP contribution in [0.1, 0.15) is 23.6 Å². The molecule has 3 aromatic carbocycles. The van der Waals surface area contributed by atoms with Gasteiger partial charge in [0.2, 0.25) is 10.0 Å². The first-order chi connectivity index (χ1) is 18.8. The Morgan fingerprint density at radius 2 is 1.68 bits per heavy atom. The fraction of sp³-hybridized carbons (Fsp3) is 0.241. The fourth-order valence-corrected chi connectivity index (χ4v) is 6.30. The SMILES string of the molecule is CCN(Cc1cc(C(F)(F)F)ccc1-c1cncc(CC(=O)O)c1)S(=O)(=O)c1cccc2c(N(C)C)cccc12. The number of fused-ring (bicyclic) bond motifs is 1. The molecule has 1 heterocycles. The summed E-state index contributed by atoms with van der Waals surface area (Å²) >= 11 is 0. The number of sulfonamides is 1. The van der Waals surface area contributed by atoms with Crippen LogP contribution in [-0.4, -0.2) is 49.4 Å². The first-order valence-corrected chi connectivity index (χ1v) is 13.8. The number of carboxylic acid groups (broad SMARTS) is 1. The molecular formula is C29H28F3N3O4S. The van der Waals surface area contributed by atoms with Crippen LogP contribution in [0.5, 0.6) is 0 Å². The summed E-state index contributed by atoms with van der Waals surface area (Å²) in [6, 6.07) is 14.9. The summed E-state index contributed by atoms with van der Waals surface area (Å²) in [4.78, 5) is 17.2. The van der Waals surface area contributed by atoms with E-state index >= 15 is 0 Å². The Morgan fingerprint density at radius 1 is 0.975 bits per heavy atom. The molecule has 0 aliphatic heterocycles. The standard InChI is InChI=1S/C29H28F3N3O4S/c1-4-35(40(38,39)27-10-6-7-24-25(27)8-5-9-26(24)34(2)3)18-21-15-22(29(30,31)32)11-12-23(21)20-13-19(14-28(36)37)16-33-17-20/h5-13,15-17H,4,14,18H2,1-3H3,(H,36,37). The zero-order valence-corrected chi connectivity index (χ0v) is 22.9. The van der Waals surface area contributed by atoms with E-state index in [9.17, 15) is 26.4 Å². The monoisotopic (exact) mass is 571 g/mol. The van der Waals surface area contributed by atoms with Gasteiger partial charge >= 0.3 is 12.1 Å². The van der Waals surface area contributed by atoms with Gasteiger partial charge in [0.05, 0.1) is 16.9 Å². The number of benzene rings is 3. The average Bonchev–Trinajstić information content (AvgIpc) is 2.89. The van der Waals surface area contributed by atoms with Gasteiger partial charge in [0.15, 0.2) is 0 Å². The maximum Gasteiger partial charge on any atom is 0.416 e. The number of carboxylic acids is 1. The number of pyridine rings is 1. The predicted octanol–water partition coefficient (Wildman–Crippen LogP) is 5.82. The van der Waals surface area contributed by atoms with Gasteiger partial charge in [0.1, 0.15) is 0 Å². The van der Waals surface area contributed by atoms with Gasteiger partial charge in [0.25, 0.3) is 0 Å². The van der Waals surface area contributed by atoms with Crippen LogP contribution in [0.25, 0.3) is 21.9 Å². The largest absolute Gasteiger partial charge is 0.481 e. The molecule has 0 saturated heterocycles. The summed E-state index contributed by atoms with van der Waals surface area (Å²) in [7, 11) is -0.448. The third kappa shape index (κ3) is 5.95. The second-order valence-electron chi connectivity index (χ2n) is 9.48. The summed E-state index contributed by atoms with van der Waals surface area (Å²) in [6.45, 7) is 1.28. The highest BCUT2D eigenvalue weighted by molar-refractivity contribution is 7.89. The Bertz CT molecular complexity index is 1670. The van der Waals surface area contributed by atoms with Crippen LogP contribution < -0.4 is 4.90 Å². The minimum Gasteiger partial charge on any atom is -0.481 e. The smallest absolute Gasteiger partial charge is 0.416 e. The van der Waals surface area contributed by atoms with E-state index in [1.165, 1.54) is 30.6 Å². The molecule has 0 aliphatic carbocycles. The molecule has 1 aromatic heterocycles. The minimum atomic E-state index is -4.65. The fourth-order valence-electron chi connectivity index (χ4n) is 4.66. The quantitative estimate of drug-likeness (QED) is 0.272. The average molecular weight is 572 g/mol. The maximum absolute atomic E-state index is 14.0. The molecule has 0 spiro atoms. The summed E-state index contributed by atoms with van der Waals surface area (Å²) in [5.41, 5.74) is 1.10. The number of anilines is 1. The van der Waals surface area contributed by atoms with Crippen molar-refractivity contribution in [2.24, 2.45) is 0 Å². The lowest BCUT2D eigenvalue weighted by atomic mass is 9.97. The molecule has 0 amide bonds. The van der Waals surface area contributed by atoms with E-state index in [2.05, 4.69) is 4.98 Å². The van der Waals surface area contributed by atoms with Gasteiger partial charge in [-0.2, -0.15) is 17.5 Å². The Morgan fingerprint density at radius 3 is 2.33 bits per heavy atom. The van der Waals surface area contributed by atoms with Crippen molar-refractivity contribution in [3.05, 3.63) is 89.7 Å². The van der Waals surface area contributed by atoms with E-state index in [4.69, 9.17) is 5.11 Å². The number of carbonyl (C=O) groups is 1. The van der Waals surface area contributed by atoms with Crippen LogP contribution in [-0.2, 0) is 34.0 Å². The van der Waals surface area contributed by atoms with Gasteiger partial charge in [0, 0.05) is 61.6 Å². The molecule has 0 bridgehead atoms. The lowest BCUT2D eigenvalue weighted by Crippen LogP contribution is -2.31. The van der Waals surface area contributed by atoms with Gasteiger partial charge < -0.3 is 10.0 Å². The van der Waals surface area contributed by atoms with Crippen molar-refractivity contribution < 1.29 is 31.5 Å². The van der Waals surface area contributed by atoms with E-state index in [0.29, 0.717) is 22.1 Å². The Hall–Kier alpha value is -3.96. The molecular weight excluding hydrogens is 543 g/mol. The number of rotatable bonds is 9. The van der Waals surface area contributed by atoms with Crippen LogP contribution in [0, 0.1) is 0 Å². The normalized spacial score (nSPS) is 12.2. The number of hydrogen-bond donors (Lipinski definition) is 1. The van der Waals surface area contributed by atoms with Crippen LogP contribution in [0.4, 0.5) is 18.9 Å². The molecule has 4 rings (SSSR count). The van der Waals surface area contributed by atoms with Gasteiger partial charge in [-0.1, -0.05) is 37.3 Å². The molecule has 0 atom stereocenters. The highest BCUT2D eigenvalue weighted by Crippen LogP contribution is 2.36. The van der Waals surface area contributed by atoms with E-state index in [0.717, 1.165) is 27.5 Å². The zero-order valence-electron chi connectivity index (χ0n) is 22.1. The third-order valence-corrected chi connectivity index (χ3v) is 8.53. The van der Waals surface area contributed by atoms with Crippen LogP contribution in [0.3, 0.4) is 0 Å². The number of aliphatic carboxylic acids is 1. The number of alkyl halides is 3. The molecule has 11 heteroatoms. The van der Waals surface area contributed by atoms with Crippen molar-refractivity contribution in [1.82, 2.24) is 9.29 Å². The maximum atomic E-state index is 14.0. The van der Waals surface area contributed by atoms with E-state index in [-0.39, 0.29) is 30.0 Å². The molecule has 0 aliphatic rings. The number of nitrogens with zero attached hydrogens (tertiary/aromatic N) is 3. The van der Waals surface area contributed by atoms with Crippen LogP contribution in [0.2, 0.25) is 0 Å². The lowest BCUT2D eigenvalue weighted by molar-refractivity contribution is -0.138. The Labute approximate surface area is 230 Å². The molecule has 0 saturated carbocycles. The van der Waals surface area contributed by atoms with Crippen LogP contribution in [0.15, 0.2) is 78.0 Å². The second kappa shape index (κ2) is 11.3. The van der Waals surface area contributed by atoms with Crippen molar-refractivity contribution >= 4 is 32.5 Å². The van der Waals surface area contributed by atoms with Crippen molar-refractivity contribution in [1.29, 1.82) is 0 Å². The zero-order chi connectivity index (χ0) is 29.2. The Balaban J connectivity index is 1.84. The highest BCUT2D eigenvalue weighted by Gasteiger charge is 2.32. The summed E-state index contributed by atoms with van der Waals surface area (Å²) in [5.74, 6) is -1.08. The molecule has 0 unspecified atom stereocenters. The van der Waals surface area contributed by atoms with Gasteiger partial charge in [-0.3, -0.25) is 9.78 Å². The number of hydrogen-bond acceptors (Lipinski definition) is 5. The van der Waals surface area contributed by atoms with Crippen LogP contribution >= 0.6 is 0 Å². The van der Waals surface area contributed by atoms with Gasteiger partial charge in [-0.25, -0.2) is 8.42 Å². The van der Waals surface area contributed by atoms with E-state index < -0.39 is 27.7 Å². The van der Waals surface area contributed by atoms with Crippen molar-refractivity contribution in [2.45, 2.75) is 31.0 Å².